The van der Waals surface area contributed by atoms with E-state index in [9.17, 15) is 8.78 Å². The highest BCUT2D eigenvalue weighted by Crippen LogP contribution is 2.41. The number of halogens is 2. The Bertz CT molecular complexity index is 727. The first-order valence-corrected chi connectivity index (χ1v) is 9.29. The van der Waals surface area contributed by atoms with Crippen LogP contribution in [-0.2, 0) is 13.1 Å². The van der Waals surface area contributed by atoms with Crippen molar-refractivity contribution in [1.82, 2.24) is 4.90 Å². The quantitative estimate of drug-likeness (QED) is 0.895. The predicted octanol–water partition coefficient (Wildman–Crippen LogP) is 3.85. The van der Waals surface area contributed by atoms with Crippen LogP contribution in [0.5, 0.6) is 0 Å². The van der Waals surface area contributed by atoms with Crippen LogP contribution in [0.25, 0.3) is 0 Å². The molecular formula is C19H20F2N2S. The van der Waals surface area contributed by atoms with Crippen molar-refractivity contribution in [2.45, 2.75) is 36.8 Å². The second-order valence-corrected chi connectivity index (χ2v) is 7.82. The Morgan fingerprint density at radius 2 is 1.75 bits per heavy atom. The van der Waals surface area contributed by atoms with E-state index in [0.717, 1.165) is 31.3 Å². The van der Waals surface area contributed by atoms with Crippen molar-refractivity contribution in [1.29, 1.82) is 0 Å². The summed E-state index contributed by atoms with van der Waals surface area (Å²) in [5.41, 5.74) is 9.52. The molecule has 5 heteroatoms. The Morgan fingerprint density at radius 1 is 1.04 bits per heavy atom. The second-order valence-electron chi connectivity index (χ2n) is 6.65. The maximum absolute atomic E-state index is 14.1. The van der Waals surface area contributed by atoms with E-state index in [-0.39, 0.29) is 17.1 Å². The monoisotopic (exact) mass is 346 g/mol. The molecule has 1 fully saturated rings. The van der Waals surface area contributed by atoms with E-state index in [1.54, 1.807) is 11.8 Å². The zero-order valence-electron chi connectivity index (χ0n) is 13.3. The van der Waals surface area contributed by atoms with Crippen molar-refractivity contribution in [2.75, 3.05) is 5.75 Å². The summed E-state index contributed by atoms with van der Waals surface area (Å²) in [5, 5.41) is -0.179. The lowest BCUT2D eigenvalue weighted by molar-refractivity contribution is 0.192. The van der Waals surface area contributed by atoms with Crippen molar-refractivity contribution in [3.05, 3.63) is 70.8 Å². The average Bonchev–Trinajstić information content (AvgIpc) is 3.01. The third kappa shape index (κ3) is 2.96. The molecule has 2 aliphatic heterocycles. The number of rotatable bonds is 2. The third-order valence-electron chi connectivity index (χ3n) is 5.05. The van der Waals surface area contributed by atoms with Gasteiger partial charge in [-0.15, -0.1) is 0 Å². The first-order valence-electron chi connectivity index (χ1n) is 8.25. The van der Waals surface area contributed by atoms with Crippen LogP contribution in [0.1, 0.15) is 28.4 Å². The fourth-order valence-corrected chi connectivity index (χ4v) is 5.26. The van der Waals surface area contributed by atoms with Gasteiger partial charge in [0.25, 0.3) is 0 Å². The molecule has 126 valence electrons. The Kier molecular flexibility index (Phi) is 4.33. The molecule has 0 saturated carbocycles. The SMILES string of the molecule is N[C@H]1C[C@@H](N2Cc3ccccc3C2)CS[C@@H]1c1cc(F)ccc1F. The number of fused-ring (bicyclic) bond motifs is 1. The lowest BCUT2D eigenvalue weighted by Gasteiger charge is -2.38. The van der Waals surface area contributed by atoms with E-state index >= 15 is 0 Å². The van der Waals surface area contributed by atoms with Crippen LogP contribution >= 0.6 is 11.8 Å². The van der Waals surface area contributed by atoms with E-state index in [4.69, 9.17) is 5.73 Å². The van der Waals surface area contributed by atoms with E-state index in [1.165, 1.54) is 23.3 Å². The third-order valence-corrected chi connectivity index (χ3v) is 6.59. The highest BCUT2D eigenvalue weighted by molar-refractivity contribution is 7.99. The molecule has 0 radical (unpaired) electrons. The molecule has 1 saturated heterocycles. The highest BCUT2D eigenvalue weighted by Gasteiger charge is 2.35. The molecule has 4 rings (SSSR count). The minimum Gasteiger partial charge on any atom is -0.326 e. The van der Waals surface area contributed by atoms with E-state index < -0.39 is 5.82 Å². The molecule has 0 amide bonds. The van der Waals surface area contributed by atoms with Crippen LogP contribution in [0.2, 0.25) is 0 Å². The number of thioether (sulfide) groups is 1. The van der Waals surface area contributed by atoms with Crippen LogP contribution in [0.4, 0.5) is 8.78 Å². The van der Waals surface area contributed by atoms with Gasteiger partial charge < -0.3 is 5.73 Å². The van der Waals surface area contributed by atoms with E-state index in [0.29, 0.717) is 11.6 Å². The lowest BCUT2D eigenvalue weighted by atomic mass is 9.98. The van der Waals surface area contributed by atoms with Gasteiger partial charge in [-0.05, 0) is 35.7 Å². The van der Waals surface area contributed by atoms with Crippen LogP contribution in [-0.4, -0.2) is 22.7 Å². The maximum Gasteiger partial charge on any atom is 0.127 e. The van der Waals surface area contributed by atoms with Gasteiger partial charge in [-0.1, -0.05) is 24.3 Å². The second kappa shape index (κ2) is 6.47. The van der Waals surface area contributed by atoms with E-state index in [1.807, 2.05) is 0 Å². The summed E-state index contributed by atoms with van der Waals surface area (Å²) in [4.78, 5) is 2.45. The van der Waals surface area contributed by atoms with Gasteiger partial charge in [0, 0.05) is 41.7 Å². The topological polar surface area (TPSA) is 29.3 Å². The largest absolute Gasteiger partial charge is 0.326 e. The zero-order valence-corrected chi connectivity index (χ0v) is 14.1. The molecule has 0 spiro atoms. The lowest BCUT2D eigenvalue weighted by Crippen LogP contribution is -2.44. The van der Waals surface area contributed by atoms with Crippen molar-refractivity contribution in [3.63, 3.8) is 0 Å². The minimum absolute atomic E-state index is 0.172. The van der Waals surface area contributed by atoms with Gasteiger partial charge in [0.1, 0.15) is 11.6 Å². The van der Waals surface area contributed by atoms with Crippen molar-refractivity contribution in [3.8, 4) is 0 Å². The van der Waals surface area contributed by atoms with Crippen LogP contribution in [0.3, 0.4) is 0 Å². The Balaban J connectivity index is 1.47. The van der Waals surface area contributed by atoms with Crippen LogP contribution in [0.15, 0.2) is 42.5 Å². The first kappa shape index (κ1) is 16.1. The van der Waals surface area contributed by atoms with Gasteiger partial charge in [0.15, 0.2) is 0 Å². The molecule has 24 heavy (non-hydrogen) atoms. The van der Waals surface area contributed by atoms with Gasteiger partial charge in [0.2, 0.25) is 0 Å². The fraction of sp³-hybridized carbons (Fsp3) is 0.368. The Morgan fingerprint density at radius 3 is 2.42 bits per heavy atom. The summed E-state index contributed by atoms with van der Waals surface area (Å²) >= 11 is 1.65. The Hall–Kier alpha value is -1.43. The smallest absolute Gasteiger partial charge is 0.127 e. The fourth-order valence-electron chi connectivity index (χ4n) is 3.77. The molecule has 0 unspecified atom stereocenters. The summed E-state index contributed by atoms with van der Waals surface area (Å²) in [5.74, 6) is 0.121. The van der Waals surface area contributed by atoms with Crippen molar-refractivity contribution in [2.24, 2.45) is 5.73 Å². The number of hydrogen-bond acceptors (Lipinski definition) is 3. The number of nitrogens with zero attached hydrogens (tertiary/aromatic N) is 1. The summed E-state index contributed by atoms with van der Waals surface area (Å²) in [7, 11) is 0. The summed E-state index contributed by atoms with van der Waals surface area (Å²) in [6.45, 7) is 1.90. The molecule has 2 nitrogen and oxygen atoms in total. The number of hydrogen-bond donors (Lipinski definition) is 1. The predicted molar refractivity (Wildman–Crippen MR) is 93.6 cm³/mol. The summed E-state index contributed by atoms with van der Waals surface area (Å²) < 4.78 is 27.5. The van der Waals surface area contributed by atoms with Crippen molar-refractivity contribution < 1.29 is 8.78 Å². The maximum atomic E-state index is 14.1. The van der Waals surface area contributed by atoms with Gasteiger partial charge in [-0.2, -0.15) is 11.8 Å². The molecule has 3 atom stereocenters. The van der Waals surface area contributed by atoms with Gasteiger partial charge in [-0.25, -0.2) is 8.78 Å². The molecule has 0 aliphatic carbocycles. The highest BCUT2D eigenvalue weighted by atomic mass is 32.2. The summed E-state index contributed by atoms with van der Waals surface area (Å²) in [6, 6.07) is 12.4. The number of benzene rings is 2. The molecule has 0 aromatic heterocycles. The Labute approximate surface area is 145 Å². The van der Waals surface area contributed by atoms with Crippen LogP contribution < -0.4 is 5.73 Å². The molecular weight excluding hydrogens is 326 g/mol. The van der Waals surface area contributed by atoms with Crippen LogP contribution in [0, 0.1) is 11.6 Å². The van der Waals surface area contributed by atoms with Crippen molar-refractivity contribution >= 4 is 11.8 Å². The van der Waals surface area contributed by atoms with Gasteiger partial charge in [-0.3, -0.25) is 4.90 Å². The molecule has 0 bridgehead atoms. The molecule has 2 aliphatic rings. The van der Waals surface area contributed by atoms with Gasteiger partial charge >= 0.3 is 0 Å². The van der Waals surface area contributed by atoms with E-state index in [2.05, 4.69) is 29.2 Å². The minimum atomic E-state index is -0.406. The van der Waals surface area contributed by atoms with Gasteiger partial charge in [0.05, 0.1) is 0 Å². The average molecular weight is 346 g/mol. The number of nitrogens with two attached hydrogens (primary N) is 1. The molecule has 2 heterocycles. The standard InChI is InChI=1S/C19H20F2N2S/c20-14-5-6-17(21)16(7-14)19-18(22)8-15(11-24-19)23-9-12-3-1-2-4-13(12)10-23/h1-7,15,18-19H,8-11,22H2/t15-,18+,19-/m1/s1. The molecule has 2 aromatic rings. The molecule has 2 N–H and O–H groups in total. The normalized spacial score (nSPS) is 27.2. The zero-order chi connectivity index (χ0) is 16.7. The first-order chi connectivity index (χ1) is 11.6. The summed E-state index contributed by atoms with van der Waals surface area (Å²) in [6.07, 6.45) is 0.807. The molecule has 2 aromatic carbocycles.